The second-order valence-corrected chi connectivity index (χ2v) is 10.5. The smallest absolute Gasteiger partial charge is 0.489 e. The van der Waals surface area contributed by atoms with Gasteiger partial charge in [-0.05, 0) is 96.3 Å². The van der Waals surface area contributed by atoms with E-state index in [9.17, 15) is 27.5 Å². The summed E-state index contributed by atoms with van der Waals surface area (Å²) in [5.74, 6) is -1.92. The van der Waals surface area contributed by atoms with E-state index in [1.54, 1.807) is 12.1 Å². The normalized spacial score (nSPS) is 17.2. The van der Waals surface area contributed by atoms with Gasteiger partial charge in [0.1, 0.15) is 23.4 Å². The molecule has 0 spiro atoms. The first kappa shape index (κ1) is 32.0. The number of nitrogens with zero attached hydrogens (tertiary/aromatic N) is 1. The Balaban J connectivity index is 0.00000423. The number of hydrogen-bond donors (Lipinski definition) is 1. The van der Waals surface area contributed by atoms with Crippen molar-refractivity contribution in [1.29, 1.82) is 0 Å². The van der Waals surface area contributed by atoms with Gasteiger partial charge in [0.15, 0.2) is 0 Å². The lowest BCUT2D eigenvalue weighted by atomic mass is 9.87. The molecule has 3 aromatic rings. The highest BCUT2D eigenvalue weighted by molar-refractivity contribution is 6.00. The minimum Gasteiger partial charge on any atom is -0.489 e. The SMILES string of the molecule is C.O=C(O)c1ccc2c(c1)CCCC(c1ccc(OC(F)(F)F)cc1F)=C2c1ccc(O[C@H]2CCN(CCCF)C2)cc1. The molecular weight excluding hydrogens is 569 g/mol. The van der Waals surface area contributed by atoms with Gasteiger partial charge in [0, 0.05) is 31.3 Å². The molecule has 5 nitrogen and oxygen atoms in total. The third-order valence-electron chi connectivity index (χ3n) is 7.58. The molecule has 0 unspecified atom stereocenters. The molecule has 2 aliphatic rings. The quantitative estimate of drug-likeness (QED) is 0.250. The highest BCUT2D eigenvalue weighted by Crippen LogP contribution is 2.42. The molecule has 43 heavy (non-hydrogen) atoms. The van der Waals surface area contributed by atoms with E-state index in [0.29, 0.717) is 55.7 Å². The van der Waals surface area contributed by atoms with Gasteiger partial charge in [-0.15, -0.1) is 13.2 Å². The number of benzene rings is 3. The Hall–Kier alpha value is -3.92. The van der Waals surface area contributed by atoms with Crippen molar-refractivity contribution in [3.63, 3.8) is 0 Å². The molecule has 0 bridgehead atoms. The van der Waals surface area contributed by atoms with Crippen molar-refractivity contribution >= 4 is 17.1 Å². The Morgan fingerprint density at radius 2 is 1.70 bits per heavy atom. The molecule has 10 heteroatoms. The Bertz CT molecular complexity index is 1470. The zero-order chi connectivity index (χ0) is 29.9. The van der Waals surface area contributed by atoms with Crippen molar-refractivity contribution in [1.82, 2.24) is 4.90 Å². The van der Waals surface area contributed by atoms with Gasteiger partial charge in [-0.3, -0.25) is 9.29 Å². The number of halogens is 5. The summed E-state index contributed by atoms with van der Waals surface area (Å²) >= 11 is 0. The van der Waals surface area contributed by atoms with Gasteiger partial charge in [0.25, 0.3) is 0 Å². The van der Waals surface area contributed by atoms with E-state index < -0.39 is 23.9 Å². The average Bonchev–Trinajstić information content (AvgIpc) is 3.30. The van der Waals surface area contributed by atoms with Gasteiger partial charge in [-0.25, -0.2) is 9.18 Å². The van der Waals surface area contributed by atoms with Gasteiger partial charge in [-0.2, -0.15) is 0 Å². The number of aryl methyl sites for hydroxylation is 1. The summed E-state index contributed by atoms with van der Waals surface area (Å²) in [6.45, 7) is 1.89. The maximum absolute atomic E-state index is 15.4. The highest BCUT2D eigenvalue weighted by atomic mass is 19.4. The number of rotatable bonds is 9. The van der Waals surface area contributed by atoms with Crippen molar-refractivity contribution < 1.29 is 41.3 Å². The Kier molecular flexibility index (Phi) is 10.1. The number of ether oxygens (including phenoxy) is 2. The van der Waals surface area contributed by atoms with Crippen LogP contribution in [0.1, 0.15) is 65.7 Å². The van der Waals surface area contributed by atoms with Crippen LogP contribution in [0.25, 0.3) is 11.1 Å². The molecule has 0 saturated carbocycles. The number of fused-ring (bicyclic) bond motifs is 1. The molecule has 1 N–H and O–H groups in total. The van der Waals surface area contributed by atoms with Crippen LogP contribution in [0.15, 0.2) is 60.7 Å². The van der Waals surface area contributed by atoms with Crippen LogP contribution in [0, 0.1) is 5.82 Å². The summed E-state index contributed by atoms with van der Waals surface area (Å²) < 4.78 is 76.2. The summed E-state index contributed by atoms with van der Waals surface area (Å²) in [5.41, 5.74) is 3.81. The monoisotopic (exact) mass is 603 g/mol. The molecule has 1 saturated heterocycles. The van der Waals surface area contributed by atoms with Crippen molar-refractivity contribution in [3.8, 4) is 11.5 Å². The zero-order valence-electron chi connectivity index (χ0n) is 22.7. The molecule has 1 heterocycles. The lowest BCUT2D eigenvalue weighted by Gasteiger charge is -2.19. The molecule has 230 valence electrons. The van der Waals surface area contributed by atoms with Crippen LogP contribution in [0.4, 0.5) is 22.0 Å². The second-order valence-electron chi connectivity index (χ2n) is 10.5. The number of alkyl halides is 4. The molecule has 1 aliphatic heterocycles. The zero-order valence-corrected chi connectivity index (χ0v) is 22.7. The van der Waals surface area contributed by atoms with Crippen molar-refractivity contribution in [3.05, 3.63) is 94.3 Å². The van der Waals surface area contributed by atoms with E-state index in [0.717, 1.165) is 41.8 Å². The molecule has 1 fully saturated rings. The third-order valence-corrected chi connectivity index (χ3v) is 7.58. The first-order valence-corrected chi connectivity index (χ1v) is 13.8. The molecule has 0 radical (unpaired) electrons. The van der Waals surface area contributed by atoms with Crippen molar-refractivity contribution in [2.24, 2.45) is 0 Å². The lowest BCUT2D eigenvalue weighted by Crippen LogP contribution is -2.26. The molecule has 0 aromatic heterocycles. The first-order valence-electron chi connectivity index (χ1n) is 13.8. The van der Waals surface area contributed by atoms with Crippen LogP contribution in [0.2, 0.25) is 0 Å². The predicted molar refractivity (Wildman–Crippen MR) is 155 cm³/mol. The Morgan fingerprint density at radius 3 is 2.37 bits per heavy atom. The predicted octanol–water partition coefficient (Wildman–Crippen LogP) is 8.17. The summed E-state index contributed by atoms with van der Waals surface area (Å²) in [6.07, 6.45) is -2.11. The summed E-state index contributed by atoms with van der Waals surface area (Å²) in [7, 11) is 0. The average molecular weight is 604 g/mol. The topological polar surface area (TPSA) is 59.0 Å². The molecule has 5 rings (SSSR count). The third kappa shape index (κ3) is 7.73. The minimum absolute atomic E-state index is 0. The summed E-state index contributed by atoms with van der Waals surface area (Å²) in [4.78, 5) is 13.8. The van der Waals surface area contributed by atoms with Gasteiger partial charge in [0.05, 0.1) is 12.2 Å². The van der Waals surface area contributed by atoms with Crippen LogP contribution >= 0.6 is 0 Å². The highest BCUT2D eigenvalue weighted by Gasteiger charge is 2.32. The van der Waals surface area contributed by atoms with Crippen molar-refractivity contribution in [2.75, 3.05) is 26.3 Å². The van der Waals surface area contributed by atoms with E-state index in [-0.39, 0.29) is 31.3 Å². The van der Waals surface area contributed by atoms with E-state index in [1.807, 2.05) is 24.3 Å². The number of carbonyl (C=O) groups is 1. The van der Waals surface area contributed by atoms with E-state index >= 15 is 4.39 Å². The fourth-order valence-electron chi connectivity index (χ4n) is 5.73. The molecule has 1 aliphatic carbocycles. The summed E-state index contributed by atoms with van der Waals surface area (Å²) in [5, 5.41) is 9.53. The minimum atomic E-state index is -4.95. The maximum Gasteiger partial charge on any atom is 0.573 e. The Morgan fingerprint density at radius 1 is 0.977 bits per heavy atom. The number of carboxylic acid groups (broad SMARTS) is 1. The molecule has 0 amide bonds. The lowest BCUT2D eigenvalue weighted by molar-refractivity contribution is -0.274. The fourth-order valence-corrected chi connectivity index (χ4v) is 5.73. The van der Waals surface area contributed by atoms with Crippen LogP contribution in [0.3, 0.4) is 0 Å². The van der Waals surface area contributed by atoms with Gasteiger partial charge >= 0.3 is 12.3 Å². The van der Waals surface area contributed by atoms with Gasteiger partial charge in [0.2, 0.25) is 0 Å². The van der Waals surface area contributed by atoms with E-state index in [2.05, 4.69) is 9.64 Å². The Labute approximate surface area is 247 Å². The van der Waals surface area contributed by atoms with Crippen LogP contribution in [0.5, 0.6) is 11.5 Å². The van der Waals surface area contributed by atoms with E-state index in [1.165, 1.54) is 12.1 Å². The number of hydrogen-bond acceptors (Lipinski definition) is 4. The summed E-state index contributed by atoms with van der Waals surface area (Å²) in [6, 6.07) is 15.2. The van der Waals surface area contributed by atoms with Crippen LogP contribution < -0.4 is 9.47 Å². The van der Waals surface area contributed by atoms with Crippen LogP contribution in [-0.4, -0.2) is 54.8 Å². The largest absolute Gasteiger partial charge is 0.573 e. The molecular formula is C33H34F5NO4. The number of likely N-dealkylation sites (tertiary alicyclic amines) is 1. The van der Waals surface area contributed by atoms with Crippen LogP contribution in [-0.2, 0) is 6.42 Å². The van der Waals surface area contributed by atoms with Gasteiger partial charge in [-0.1, -0.05) is 25.6 Å². The number of allylic oxidation sites excluding steroid dienone is 1. The van der Waals surface area contributed by atoms with Crippen molar-refractivity contribution in [2.45, 2.75) is 52.0 Å². The fraction of sp³-hybridized carbons (Fsp3) is 0.364. The van der Waals surface area contributed by atoms with E-state index in [4.69, 9.17) is 4.74 Å². The maximum atomic E-state index is 15.4. The standard InChI is InChI=1S/C32H30F5NO4.CH4/c33-14-2-15-38-16-13-25(19-38)41-23-8-5-20(6-9-23)30-26-11-7-22(31(39)40)17-21(26)3-1-4-28(30)27-12-10-24(18-29(27)34)42-32(35,36)37;/h5-12,17-18,25H,1-4,13-16,19H2,(H,39,40);1H4/t25-;/m0./s1. The first-order chi connectivity index (χ1) is 20.1. The number of carboxylic acids is 1. The molecule has 1 atom stereocenters. The second kappa shape index (κ2) is 13.6. The van der Waals surface area contributed by atoms with Gasteiger partial charge < -0.3 is 14.6 Å². The number of aromatic carboxylic acids is 1. The molecule has 3 aromatic carbocycles.